The first-order valence-electron chi connectivity index (χ1n) is 14.2. The van der Waals surface area contributed by atoms with Crippen LogP contribution in [0.5, 0.6) is 11.5 Å². The van der Waals surface area contributed by atoms with Crippen molar-refractivity contribution in [2.24, 2.45) is 0 Å². The van der Waals surface area contributed by atoms with E-state index in [1.807, 2.05) is 60.4 Å². The van der Waals surface area contributed by atoms with E-state index in [4.69, 9.17) is 4.74 Å². The number of carbonyl (C=O) groups excluding carboxylic acids is 3. The lowest BCUT2D eigenvalue weighted by molar-refractivity contribution is -0.136. The van der Waals surface area contributed by atoms with Crippen molar-refractivity contribution in [1.29, 1.82) is 0 Å². The molecule has 2 atom stereocenters. The summed E-state index contributed by atoms with van der Waals surface area (Å²) in [5.41, 5.74) is 2.70. The second-order valence-corrected chi connectivity index (χ2v) is 11.8. The average Bonchev–Trinajstić information content (AvgIpc) is 3.33. The van der Waals surface area contributed by atoms with Gasteiger partial charge in [0.05, 0.1) is 28.5 Å². The summed E-state index contributed by atoms with van der Waals surface area (Å²) >= 11 is 1.26. The number of hydrogen-bond acceptors (Lipinski definition) is 7. The lowest BCUT2D eigenvalue weighted by Gasteiger charge is -2.37. The fourth-order valence-electron chi connectivity index (χ4n) is 5.82. The third-order valence-electron chi connectivity index (χ3n) is 8.03. The predicted molar refractivity (Wildman–Crippen MR) is 162 cm³/mol. The summed E-state index contributed by atoms with van der Waals surface area (Å²) in [5.74, 6) is 1.23. The van der Waals surface area contributed by atoms with Crippen LogP contribution in [0.3, 0.4) is 0 Å². The fourth-order valence-corrected chi connectivity index (χ4v) is 6.84. The highest BCUT2D eigenvalue weighted by Crippen LogP contribution is 2.46. The molecule has 3 aliphatic heterocycles. The number of benzene rings is 2. The summed E-state index contributed by atoms with van der Waals surface area (Å²) < 4.78 is 5.98. The minimum Gasteiger partial charge on any atom is -0.457 e. The molecular weight excluding hydrogens is 552 g/mol. The largest absolute Gasteiger partial charge is 0.457 e. The fraction of sp³-hybridized carbons (Fsp3) is 0.290. The van der Waals surface area contributed by atoms with Crippen LogP contribution in [-0.4, -0.2) is 59.4 Å². The smallest absolute Gasteiger partial charge is 0.331 e. The van der Waals surface area contributed by atoms with Crippen molar-refractivity contribution in [3.05, 3.63) is 71.2 Å². The highest BCUT2D eigenvalue weighted by Gasteiger charge is 2.35. The number of para-hydroxylation sites is 1. The second-order valence-electron chi connectivity index (χ2n) is 10.8. The van der Waals surface area contributed by atoms with E-state index in [1.165, 1.54) is 11.3 Å². The number of nitrogens with one attached hydrogen (secondary N) is 3. The summed E-state index contributed by atoms with van der Waals surface area (Å²) in [6.45, 7) is 3.98. The van der Waals surface area contributed by atoms with Crippen LogP contribution in [0.25, 0.3) is 10.2 Å². The number of amides is 4. The van der Waals surface area contributed by atoms with Gasteiger partial charge in [0.25, 0.3) is 5.91 Å². The number of aromatic nitrogens is 1. The minimum atomic E-state index is -0.357. The van der Waals surface area contributed by atoms with Crippen LogP contribution < -0.4 is 25.6 Å². The Bertz CT molecular complexity index is 1700. The molecule has 0 aliphatic carbocycles. The SMILES string of the molecule is Cc1cc(Oc2ccccc2)ccc1N1C(=O)Nc2c(C(=O)N[C@@H]3CCCN(C(=O)[C@H]4CCN4)C3)sc3nccc1c23. The minimum absolute atomic E-state index is 0.105. The zero-order chi connectivity index (χ0) is 28.8. The van der Waals surface area contributed by atoms with Gasteiger partial charge in [0.2, 0.25) is 5.91 Å². The quantitative estimate of drug-likeness (QED) is 0.289. The molecule has 7 rings (SSSR count). The van der Waals surface area contributed by atoms with E-state index in [9.17, 15) is 14.4 Å². The van der Waals surface area contributed by atoms with Crippen LogP contribution in [0.1, 0.15) is 34.5 Å². The van der Waals surface area contributed by atoms with Crippen molar-refractivity contribution < 1.29 is 19.1 Å². The van der Waals surface area contributed by atoms with Gasteiger partial charge in [0.15, 0.2) is 0 Å². The molecule has 5 heterocycles. The molecule has 2 saturated heterocycles. The first-order valence-corrected chi connectivity index (χ1v) is 15.0. The molecule has 3 N–H and O–H groups in total. The summed E-state index contributed by atoms with van der Waals surface area (Å²) in [7, 11) is 0. The second kappa shape index (κ2) is 10.7. The van der Waals surface area contributed by atoms with Crippen LogP contribution >= 0.6 is 11.3 Å². The number of thiophene rings is 1. The molecule has 0 radical (unpaired) electrons. The van der Waals surface area contributed by atoms with Gasteiger partial charge in [0, 0.05) is 25.3 Å². The Morgan fingerprint density at radius 1 is 1.07 bits per heavy atom. The van der Waals surface area contributed by atoms with Crippen LogP contribution in [0.2, 0.25) is 0 Å². The van der Waals surface area contributed by atoms with Crippen molar-refractivity contribution in [2.75, 3.05) is 29.9 Å². The molecule has 0 unspecified atom stereocenters. The Morgan fingerprint density at radius 2 is 1.90 bits per heavy atom. The number of pyridine rings is 1. The molecule has 10 nitrogen and oxygen atoms in total. The number of carbonyl (C=O) groups is 3. The summed E-state index contributed by atoms with van der Waals surface area (Å²) in [6.07, 6.45) is 4.14. The predicted octanol–water partition coefficient (Wildman–Crippen LogP) is 5.16. The first kappa shape index (κ1) is 26.4. The molecule has 2 fully saturated rings. The molecule has 4 amide bonds. The molecule has 0 spiro atoms. The van der Waals surface area contributed by atoms with Gasteiger partial charge in [-0.3, -0.25) is 14.5 Å². The van der Waals surface area contributed by atoms with E-state index in [2.05, 4.69) is 20.9 Å². The average molecular weight is 583 g/mol. The van der Waals surface area contributed by atoms with Gasteiger partial charge in [-0.2, -0.15) is 0 Å². The maximum absolute atomic E-state index is 13.6. The van der Waals surface area contributed by atoms with Crippen LogP contribution in [0.15, 0.2) is 60.8 Å². The van der Waals surface area contributed by atoms with Gasteiger partial charge in [-0.05, 0) is 74.7 Å². The molecule has 0 bridgehead atoms. The normalized spacial score (nSPS) is 19.7. The lowest BCUT2D eigenvalue weighted by atomic mass is 10.0. The third kappa shape index (κ3) is 4.74. The first-order chi connectivity index (χ1) is 20.5. The van der Waals surface area contributed by atoms with Crippen LogP contribution in [-0.2, 0) is 4.79 Å². The Morgan fingerprint density at radius 3 is 2.67 bits per heavy atom. The molecule has 0 saturated carbocycles. The Balaban J connectivity index is 1.14. The van der Waals surface area contributed by atoms with Gasteiger partial charge < -0.3 is 25.6 Å². The number of urea groups is 1. The molecule has 3 aliphatic rings. The number of nitrogens with zero attached hydrogens (tertiary/aromatic N) is 3. The number of ether oxygens (including phenoxy) is 1. The number of piperidine rings is 1. The van der Waals surface area contributed by atoms with Crippen molar-refractivity contribution in [2.45, 2.75) is 38.3 Å². The standard InChI is InChI=1S/C31H30N6O4S/c1-18-16-21(41-20-7-3-2-4-8-20)9-10-23(18)37-24-12-14-33-29-25(24)26(35-31(37)40)27(42-29)28(38)34-19-6-5-15-36(17-19)30(39)22-11-13-32-22/h2-4,7-10,12,14,16,19,22,32H,5-6,11,13,15,17H2,1H3,(H,34,38)(H,35,40)/t19-,22-/m1/s1. The van der Waals surface area contributed by atoms with Crippen molar-refractivity contribution in [1.82, 2.24) is 20.5 Å². The van der Waals surface area contributed by atoms with E-state index in [1.54, 1.807) is 17.2 Å². The molecule has 42 heavy (non-hydrogen) atoms. The van der Waals surface area contributed by atoms with Crippen LogP contribution in [0.4, 0.5) is 21.9 Å². The molecule has 2 aromatic heterocycles. The van der Waals surface area contributed by atoms with Gasteiger partial charge in [-0.1, -0.05) is 18.2 Å². The van der Waals surface area contributed by atoms with Crippen molar-refractivity contribution in [3.8, 4) is 11.5 Å². The number of hydrogen-bond donors (Lipinski definition) is 3. The molecule has 4 aromatic rings. The number of likely N-dealkylation sites (tertiary alicyclic amines) is 1. The Labute approximate surface area is 246 Å². The summed E-state index contributed by atoms with van der Waals surface area (Å²) in [4.78, 5) is 48.9. The van der Waals surface area contributed by atoms with Gasteiger partial charge >= 0.3 is 6.03 Å². The van der Waals surface area contributed by atoms with E-state index in [0.717, 1.165) is 42.5 Å². The molecule has 214 valence electrons. The maximum Gasteiger partial charge on any atom is 0.331 e. The molecular formula is C31H30N6O4S. The Hall–Kier alpha value is -4.48. The van der Waals surface area contributed by atoms with Crippen molar-refractivity contribution in [3.63, 3.8) is 0 Å². The van der Waals surface area contributed by atoms with E-state index < -0.39 is 0 Å². The van der Waals surface area contributed by atoms with Gasteiger partial charge in [-0.15, -0.1) is 11.3 Å². The van der Waals surface area contributed by atoms with E-state index >= 15 is 0 Å². The summed E-state index contributed by atoms with van der Waals surface area (Å²) in [5, 5.41) is 9.98. The zero-order valence-electron chi connectivity index (χ0n) is 23.1. The highest BCUT2D eigenvalue weighted by atomic mass is 32.1. The van der Waals surface area contributed by atoms with E-state index in [0.29, 0.717) is 45.6 Å². The van der Waals surface area contributed by atoms with Gasteiger partial charge in [-0.25, -0.2) is 9.78 Å². The molecule has 2 aromatic carbocycles. The Kier molecular flexibility index (Phi) is 6.75. The third-order valence-corrected chi connectivity index (χ3v) is 9.13. The maximum atomic E-state index is 13.6. The number of rotatable bonds is 6. The van der Waals surface area contributed by atoms with Gasteiger partial charge in [0.1, 0.15) is 21.2 Å². The zero-order valence-corrected chi connectivity index (χ0v) is 23.9. The molecule has 11 heteroatoms. The highest BCUT2D eigenvalue weighted by molar-refractivity contribution is 7.21. The monoisotopic (exact) mass is 582 g/mol. The lowest BCUT2D eigenvalue weighted by Crippen LogP contribution is -2.58. The number of anilines is 3. The number of aryl methyl sites for hydroxylation is 1. The topological polar surface area (TPSA) is 116 Å². The van der Waals surface area contributed by atoms with Crippen molar-refractivity contribution >= 4 is 56.5 Å². The summed E-state index contributed by atoms with van der Waals surface area (Å²) in [6, 6.07) is 16.3. The van der Waals surface area contributed by atoms with E-state index in [-0.39, 0.29) is 29.9 Å². The van der Waals surface area contributed by atoms with Crippen LogP contribution in [0, 0.1) is 6.92 Å².